The largest absolute Gasteiger partial charge is 0.674 e. The van der Waals surface area contributed by atoms with Gasteiger partial charge in [-0.05, 0) is 66.6 Å². The first-order valence-electron chi connectivity index (χ1n) is 13.0. The molecule has 2 atom stereocenters. The van der Waals surface area contributed by atoms with Crippen molar-refractivity contribution in [2.24, 2.45) is 4.99 Å². The third-order valence-corrected chi connectivity index (χ3v) is 6.98. The Labute approximate surface area is 256 Å². The van der Waals surface area contributed by atoms with Gasteiger partial charge in [-0.15, -0.1) is 6.54 Å². The maximum Gasteiger partial charge on any atom is 0.416 e. The number of halogens is 5. The van der Waals surface area contributed by atoms with E-state index in [0.29, 0.717) is 27.7 Å². The summed E-state index contributed by atoms with van der Waals surface area (Å²) in [7, 11) is 0. The fraction of sp³-hybridized carbons (Fsp3) is 0.194. The van der Waals surface area contributed by atoms with Crippen LogP contribution in [-0.2, 0) is 12.7 Å². The minimum Gasteiger partial charge on any atom is -0.674 e. The average Bonchev–Trinajstić information content (AvgIpc) is 3.39. The maximum absolute atomic E-state index is 13.3. The van der Waals surface area contributed by atoms with Crippen LogP contribution in [0.1, 0.15) is 46.8 Å². The van der Waals surface area contributed by atoms with Crippen molar-refractivity contribution >= 4 is 35.1 Å². The predicted octanol–water partition coefficient (Wildman–Crippen LogP) is 9.27. The highest BCUT2D eigenvalue weighted by Gasteiger charge is 2.43. The summed E-state index contributed by atoms with van der Waals surface area (Å²) >= 11 is 12.1. The summed E-state index contributed by atoms with van der Waals surface area (Å²) in [6.07, 6.45) is -2.50. The fourth-order valence-corrected chi connectivity index (χ4v) is 4.77. The standard InChI is InChI=1S/C25H19Cl2F3N2O3.C6H7N2/c1-2-35-20-13-16(25(28,29)30)7-12-19(20)23-31-21(14-3-8-17(26)9-4-14)22(32(23)24(33)34)15-5-10-18(27)11-6-15;7-4-6-2-1-3-8-5-6/h3-13,21-22H,2H2,1H3,(H,33,34);1-3,5,7H,4H2/q;-1. The third-order valence-electron chi connectivity index (χ3n) is 6.47. The van der Waals surface area contributed by atoms with Gasteiger partial charge in [0.15, 0.2) is 0 Å². The van der Waals surface area contributed by atoms with Crippen molar-refractivity contribution in [3.05, 3.63) is 135 Å². The molecule has 0 radical (unpaired) electrons. The molecule has 0 spiro atoms. The molecule has 12 heteroatoms. The van der Waals surface area contributed by atoms with Crippen LogP contribution in [-0.4, -0.2) is 33.5 Å². The predicted molar refractivity (Wildman–Crippen MR) is 160 cm³/mol. The number of benzene rings is 3. The molecule has 2 N–H and O–H groups in total. The van der Waals surface area contributed by atoms with E-state index in [1.54, 1.807) is 67.8 Å². The van der Waals surface area contributed by atoms with Gasteiger partial charge in [-0.1, -0.05) is 59.1 Å². The second kappa shape index (κ2) is 13.9. The van der Waals surface area contributed by atoms with Crippen LogP contribution in [0.5, 0.6) is 5.75 Å². The summed E-state index contributed by atoms with van der Waals surface area (Å²) in [6, 6.07) is 18.6. The quantitative estimate of drug-likeness (QED) is 0.230. The van der Waals surface area contributed by atoms with Crippen LogP contribution in [0.2, 0.25) is 10.0 Å². The van der Waals surface area contributed by atoms with Crippen molar-refractivity contribution < 1.29 is 27.8 Å². The van der Waals surface area contributed by atoms with Crippen molar-refractivity contribution in [3.8, 4) is 5.75 Å². The first-order valence-corrected chi connectivity index (χ1v) is 13.8. The number of nitrogens with zero attached hydrogens (tertiary/aromatic N) is 3. The minimum atomic E-state index is -4.59. The molecule has 224 valence electrons. The van der Waals surface area contributed by atoms with Crippen LogP contribution < -0.4 is 4.74 Å². The number of amidine groups is 1. The molecule has 0 bridgehead atoms. The Morgan fingerprint density at radius 1 is 1.00 bits per heavy atom. The SMILES string of the molecule is CCOc1cc(C(F)(F)F)ccc1C1=NC(c2ccc(Cl)cc2)C(c2ccc(Cl)cc2)N1C(=O)O.[NH-]Cc1cccnc1. The molecule has 2 unspecified atom stereocenters. The summed E-state index contributed by atoms with van der Waals surface area (Å²) in [6.45, 7) is 2.03. The summed E-state index contributed by atoms with van der Waals surface area (Å²) in [5.74, 6) is -0.131. The molecule has 1 aliphatic heterocycles. The van der Waals surface area contributed by atoms with Crippen LogP contribution >= 0.6 is 23.2 Å². The number of nitrogens with one attached hydrogen (secondary N) is 1. The fourth-order valence-electron chi connectivity index (χ4n) is 4.52. The van der Waals surface area contributed by atoms with Gasteiger partial charge in [0, 0.05) is 22.4 Å². The molecule has 1 aromatic heterocycles. The van der Waals surface area contributed by atoms with Crippen LogP contribution in [0.4, 0.5) is 18.0 Å². The first kappa shape index (κ1) is 31.8. The van der Waals surface area contributed by atoms with E-state index in [1.165, 1.54) is 6.07 Å². The summed E-state index contributed by atoms with van der Waals surface area (Å²) in [4.78, 5) is 22.1. The Balaban J connectivity index is 0.000000458. The van der Waals surface area contributed by atoms with Gasteiger partial charge in [-0.25, -0.2) is 4.79 Å². The lowest BCUT2D eigenvalue weighted by molar-refractivity contribution is -0.137. The van der Waals surface area contributed by atoms with Gasteiger partial charge in [0.25, 0.3) is 0 Å². The summed E-state index contributed by atoms with van der Waals surface area (Å²) < 4.78 is 45.5. The number of alkyl halides is 3. The van der Waals surface area contributed by atoms with Crippen LogP contribution in [0.25, 0.3) is 5.73 Å². The lowest BCUT2D eigenvalue weighted by atomic mass is 9.94. The highest BCUT2D eigenvalue weighted by atomic mass is 35.5. The number of rotatable bonds is 6. The number of hydrogen-bond acceptors (Lipinski definition) is 4. The Morgan fingerprint density at radius 2 is 1.63 bits per heavy atom. The molecule has 1 amide bonds. The molecule has 43 heavy (non-hydrogen) atoms. The minimum absolute atomic E-state index is 0.0189. The lowest BCUT2D eigenvalue weighted by Gasteiger charge is -2.27. The highest BCUT2D eigenvalue weighted by molar-refractivity contribution is 6.30. The van der Waals surface area contributed by atoms with E-state index in [2.05, 4.69) is 4.98 Å². The second-order valence-corrected chi connectivity index (χ2v) is 10.2. The number of ether oxygens (including phenoxy) is 1. The van der Waals surface area contributed by atoms with Crippen molar-refractivity contribution in [2.45, 2.75) is 31.7 Å². The smallest absolute Gasteiger partial charge is 0.416 e. The van der Waals surface area contributed by atoms with E-state index < -0.39 is 29.9 Å². The zero-order valence-corrected chi connectivity index (χ0v) is 24.2. The zero-order chi connectivity index (χ0) is 31.1. The highest BCUT2D eigenvalue weighted by Crippen LogP contribution is 2.45. The van der Waals surface area contributed by atoms with Crippen LogP contribution in [0.15, 0.2) is 96.2 Å². The molecule has 0 fully saturated rings. The molecule has 0 aliphatic carbocycles. The number of hydrogen-bond donors (Lipinski definition) is 1. The molecule has 0 saturated heterocycles. The number of aromatic nitrogens is 1. The zero-order valence-electron chi connectivity index (χ0n) is 22.7. The topological polar surface area (TPSA) is 98.8 Å². The second-order valence-electron chi connectivity index (χ2n) is 9.28. The van der Waals surface area contributed by atoms with Gasteiger partial charge in [-0.2, -0.15) is 13.2 Å². The molecule has 3 aromatic carbocycles. The van der Waals surface area contributed by atoms with E-state index in [0.717, 1.165) is 22.6 Å². The number of aliphatic imine (C=N–C) groups is 1. The number of pyridine rings is 1. The molecule has 0 saturated carbocycles. The van der Waals surface area contributed by atoms with E-state index >= 15 is 0 Å². The molecule has 2 heterocycles. The van der Waals surface area contributed by atoms with E-state index in [4.69, 9.17) is 38.7 Å². The van der Waals surface area contributed by atoms with E-state index in [-0.39, 0.29) is 23.8 Å². The molecule has 5 rings (SSSR count). The molecule has 7 nitrogen and oxygen atoms in total. The van der Waals surface area contributed by atoms with Crippen LogP contribution in [0.3, 0.4) is 0 Å². The van der Waals surface area contributed by atoms with Crippen molar-refractivity contribution in [3.63, 3.8) is 0 Å². The van der Waals surface area contributed by atoms with Gasteiger partial charge < -0.3 is 15.6 Å². The Kier molecular flexibility index (Phi) is 10.3. The van der Waals surface area contributed by atoms with Crippen molar-refractivity contribution in [1.82, 2.24) is 9.88 Å². The summed E-state index contributed by atoms with van der Waals surface area (Å²) in [5.41, 5.74) is 8.39. The molecular formula is C31H26Cl2F3N4O3-. The lowest BCUT2D eigenvalue weighted by Crippen LogP contribution is -2.37. The van der Waals surface area contributed by atoms with Gasteiger partial charge in [-0.3, -0.25) is 14.9 Å². The number of amides is 1. The van der Waals surface area contributed by atoms with E-state index in [9.17, 15) is 23.1 Å². The van der Waals surface area contributed by atoms with Crippen molar-refractivity contribution in [1.29, 1.82) is 0 Å². The van der Waals surface area contributed by atoms with Gasteiger partial charge >= 0.3 is 12.3 Å². The molecule has 1 aliphatic rings. The average molecular weight is 630 g/mol. The maximum atomic E-state index is 13.3. The Hall–Kier alpha value is -4.12. The third kappa shape index (κ3) is 7.64. The number of carboxylic acid groups (broad SMARTS) is 1. The molecular weight excluding hydrogens is 604 g/mol. The Bertz CT molecular complexity index is 1570. The first-order chi connectivity index (χ1) is 20.5. The van der Waals surface area contributed by atoms with Crippen LogP contribution in [0, 0.1) is 0 Å². The van der Waals surface area contributed by atoms with Crippen molar-refractivity contribution in [2.75, 3.05) is 6.61 Å². The summed E-state index contributed by atoms with van der Waals surface area (Å²) in [5, 5.41) is 11.2. The van der Waals surface area contributed by atoms with Gasteiger partial charge in [0.05, 0.1) is 23.8 Å². The van der Waals surface area contributed by atoms with Gasteiger partial charge in [0.1, 0.15) is 17.6 Å². The normalized spacial score (nSPS) is 16.3. The van der Waals surface area contributed by atoms with E-state index in [1.807, 2.05) is 12.1 Å². The monoisotopic (exact) mass is 629 g/mol. The Morgan fingerprint density at radius 3 is 2.12 bits per heavy atom. The molecule has 4 aromatic rings. The van der Waals surface area contributed by atoms with Gasteiger partial charge in [0.2, 0.25) is 0 Å². The number of carbonyl (C=O) groups is 1.